The first-order valence-electron chi connectivity index (χ1n) is 6.53. The number of rotatable bonds is 7. The molecule has 8 heteroatoms. The summed E-state index contributed by atoms with van der Waals surface area (Å²) in [5, 5.41) is 20.6. The number of nitrogens with zero attached hydrogens (tertiary/aromatic N) is 1. The van der Waals surface area contributed by atoms with Crippen molar-refractivity contribution in [1.29, 1.82) is 0 Å². The highest BCUT2D eigenvalue weighted by atomic mass is 32.2. The van der Waals surface area contributed by atoms with Crippen LogP contribution in [-0.2, 0) is 9.53 Å². The molecule has 1 aliphatic rings. The number of aliphatic hydroxyl groups excluding tert-OH is 1. The molecule has 21 heavy (non-hydrogen) atoms. The van der Waals surface area contributed by atoms with Crippen LogP contribution in [0, 0.1) is 15.5 Å². The van der Waals surface area contributed by atoms with Crippen LogP contribution in [0.25, 0.3) is 0 Å². The van der Waals surface area contributed by atoms with E-state index in [0.29, 0.717) is 21.3 Å². The topological polar surface area (TPSA) is 89.7 Å². The molecular formula is C13H17NO5S2. The quantitative estimate of drug-likeness (QED) is 0.357. The summed E-state index contributed by atoms with van der Waals surface area (Å²) in [5.74, 6) is 0.418. The van der Waals surface area contributed by atoms with E-state index in [1.807, 2.05) is 0 Å². The molecule has 1 fully saturated rings. The van der Waals surface area contributed by atoms with Crippen molar-refractivity contribution in [2.75, 3.05) is 12.9 Å². The monoisotopic (exact) mass is 331 g/mol. The zero-order chi connectivity index (χ0) is 15.6. The molecule has 0 spiro atoms. The number of nitro groups is 1. The molecule has 1 aromatic heterocycles. The summed E-state index contributed by atoms with van der Waals surface area (Å²) < 4.78 is 5.28. The normalized spacial score (nSPS) is 17.3. The molecule has 1 atom stereocenters. The van der Waals surface area contributed by atoms with Crippen LogP contribution in [-0.4, -0.2) is 28.9 Å². The Labute approximate surface area is 130 Å². The molecular weight excluding hydrogens is 314 g/mol. The van der Waals surface area contributed by atoms with Crippen molar-refractivity contribution in [3.8, 4) is 0 Å². The molecule has 0 amide bonds. The lowest BCUT2D eigenvalue weighted by atomic mass is 10.1. The summed E-state index contributed by atoms with van der Waals surface area (Å²) in [5.41, 5.74) is -0.0459. The Morgan fingerprint density at radius 2 is 2.33 bits per heavy atom. The van der Waals surface area contributed by atoms with Gasteiger partial charge in [0.1, 0.15) is 4.21 Å². The maximum atomic E-state index is 11.4. The van der Waals surface area contributed by atoms with Crippen molar-refractivity contribution < 1.29 is 19.6 Å². The van der Waals surface area contributed by atoms with Gasteiger partial charge in [-0.1, -0.05) is 0 Å². The third-order valence-electron chi connectivity index (χ3n) is 3.52. The van der Waals surface area contributed by atoms with Crippen molar-refractivity contribution >= 4 is 34.8 Å². The van der Waals surface area contributed by atoms with Crippen LogP contribution in [0.1, 0.15) is 37.2 Å². The Morgan fingerprint density at radius 3 is 2.81 bits per heavy atom. The number of esters is 1. The van der Waals surface area contributed by atoms with Gasteiger partial charge in [-0.15, -0.1) is 23.1 Å². The maximum absolute atomic E-state index is 11.4. The van der Waals surface area contributed by atoms with E-state index in [4.69, 9.17) is 0 Å². The Kier molecular flexibility index (Phi) is 4.90. The largest absolute Gasteiger partial charge is 0.469 e. The van der Waals surface area contributed by atoms with Crippen molar-refractivity contribution in [3.05, 3.63) is 21.1 Å². The van der Waals surface area contributed by atoms with E-state index in [0.717, 1.165) is 12.8 Å². The molecule has 2 rings (SSSR count). The van der Waals surface area contributed by atoms with Crippen molar-refractivity contribution in [2.45, 2.75) is 36.5 Å². The van der Waals surface area contributed by atoms with Gasteiger partial charge in [0, 0.05) is 16.7 Å². The molecule has 0 aliphatic heterocycles. The average molecular weight is 331 g/mol. The van der Waals surface area contributed by atoms with Gasteiger partial charge in [-0.2, -0.15) is 0 Å². The first-order valence-corrected chi connectivity index (χ1v) is 8.33. The van der Waals surface area contributed by atoms with Crippen LogP contribution in [0.5, 0.6) is 0 Å². The smallest absolute Gasteiger partial charge is 0.306 e. The lowest BCUT2D eigenvalue weighted by Gasteiger charge is -2.11. The average Bonchev–Trinajstić information content (AvgIpc) is 3.03. The van der Waals surface area contributed by atoms with E-state index in [-0.39, 0.29) is 17.1 Å². The number of aliphatic hydroxyl groups is 1. The van der Waals surface area contributed by atoms with Gasteiger partial charge in [-0.25, -0.2) is 0 Å². The van der Waals surface area contributed by atoms with Crippen LogP contribution in [0.15, 0.2) is 10.3 Å². The standard InChI is InChI=1S/C13H17NO5S2/c1-8(15)10-5-9(14(17)18)12(21-10)20-7-13(3-4-13)6-11(16)19-2/h5,8,15H,3-4,6-7H2,1-2H3/t8-/m0/s1. The van der Waals surface area contributed by atoms with Gasteiger partial charge < -0.3 is 9.84 Å². The third kappa shape index (κ3) is 3.96. The Balaban J connectivity index is 2.06. The van der Waals surface area contributed by atoms with E-state index >= 15 is 0 Å². The molecule has 0 saturated heterocycles. The van der Waals surface area contributed by atoms with Gasteiger partial charge in [0.2, 0.25) is 0 Å². The van der Waals surface area contributed by atoms with E-state index < -0.39 is 11.0 Å². The predicted molar refractivity (Wildman–Crippen MR) is 80.6 cm³/mol. The number of hydrogen-bond acceptors (Lipinski definition) is 7. The molecule has 1 saturated carbocycles. The van der Waals surface area contributed by atoms with Crippen molar-refractivity contribution in [3.63, 3.8) is 0 Å². The fraction of sp³-hybridized carbons (Fsp3) is 0.615. The number of hydrogen-bond donors (Lipinski definition) is 1. The predicted octanol–water partition coefficient (Wildman–Crippen LogP) is 3.15. The summed E-state index contributed by atoms with van der Waals surface area (Å²) in [6.07, 6.45) is 1.53. The molecule has 6 nitrogen and oxygen atoms in total. The zero-order valence-corrected chi connectivity index (χ0v) is 13.5. The summed E-state index contributed by atoms with van der Waals surface area (Å²) in [6, 6.07) is 1.43. The van der Waals surface area contributed by atoms with Crippen LogP contribution in [0.2, 0.25) is 0 Å². The summed E-state index contributed by atoms with van der Waals surface area (Å²) >= 11 is 2.64. The fourth-order valence-corrected chi connectivity index (χ4v) is 4.57. The lowest BCUT2D eigenvalue weighted by Crippen LogP contribution is -2.12. The molecule has 0 unspecified atom stereocenters. The zero-order valence-electron chi connectivity index (χ0n) is 11.8. The molecule has 1 aromatic rings. The Bertz CT molecular complexity index is 551. The minimum atomic E-state index is -0.715. The van der Waals surface area contributed by atoms with Gasteiger partial charge in [0.15, 0.2) is 0 Å². The number of thiophene rings is 1. The van der Waals surface area contributed by atoms with Gasteiger partial charge >= 0.3 is 5.97 Å². The van der Waals surface area contributed by atoms with Gasteiger partial charge in [-0.3, -0.25) is 14.9 Å². The number of thioether (sulfide) groups is 1. The number of methoxy groups -OCH3 is 1. The first kappa shape index (κ1) is 16.3. The highest BCUT2D eigenvalue weighted by molar-refractivity contribution is 8.01. The van der Waals surface area contributed by atoms with E-state index in [9.17, 15) is 20.0 Å². The van der Waals surface area contributed by atoms with Crippen molar-refractivity contribution in [2.24, 2.45) is 5.41 Å². The number of ether oxygens (including phenoxy) is 1. The van der Waals surface area contributed by atoms with E-state index in [2.05, 4.69) is 4.74 Å². The summed E-state index contributed by atoms with van der Waals surface area (Å²) in [4.78, 5) is 22.6. The highest BCUT2D eigenvalue weighted by Crippen LogP contribution is 2.53. The van der Waals surface area contributed by atoms with Crippen LogP contribution in [0.4, 0.5) is 5.69 Å². The van der Waals surface area contributed by atoms with Crippen LogP contribution >= 0.6 is 23.1 Å². The Morgan fingerprint density at radius 1 is 1.67 bits per heavy atom. The molecule has 1 aliphatic carbocycles. The minimum Gasteiger partial charge on any atom is -0.469 e. The first-order chi connectivity index (χ1) is 9.87. The van der Waals surface area contributed by atoms with Crippen LogP contribution in [0.3, 0.4) is 0 Å². The fourth-order valence-electron chi connectivity index (χ4n) is 1.96. The number of carbonyl (C=O) groups is 1. The van der Waals surface area contributed by atoms with Gasteiger partial charge in [0.25, 0.3) is 5.69 Å². The number of carbonyl (C=O) groups excluding carboxylic acids is 1. The van der Waals surface area contributed by atoms with E-state index in [1.54, 1.807) is 6.92 Å². The van der Waals surface area contributed by atoms with Crippen molar-refractivity contribution in [1.82, 2.24) is 0 Å². The molecule has 1 N–H and O–H groups in total. The third-order valence-corrected chi connectivity index (χ3v) is 6.44. The summed E-state index contributed by atoms with van der Waals surface area (Å²) in [7, 11) is 1.37. The van der Waals surface area contributed by atoms with Crippen LogP contribution < -0.4 is 0 Å². The second-order valence-electron chi connectivity index (χ2n) is 5.30. The molecule has 0 bridgehead atoms. The van der Waals surface area contributed by atoms with Gasteiger partial charge in [-0.05, 0) is 25.2 Å². The molecule has 0 aromatic carbocycles. The van der Waals surface area contributed by atoms with E-state index in [1.165, 1.54) is 36.3 Å². The maximum Gasteiger partial charge on any atom is 0.306 e. The van der Waals surface area contributed by atoms with Gasteiger partial charge in [0.05, 0.1) is 24.6 Å². The SMILES string of the molecule is COC(=O)CC1(CSc2sc([C@H](C)O)cc2[N+](=O)[O-])CC1. The molecule has 1 heterocycles. The minimum absolute atomic E-state index is 0.0368. The second-order valence-corrected chi connectivity index (χ2v) is 7.62. The Hall–Kier alpha value is -1.12. The summed E-state index contributed by atoms with van der Waals surface area (Å²) in [6.45, 7) is 1.59. The highest BCUT2D eigenvalue weighted by Gasteiger charge is 2.45. The molecule has 116 valence electrons. The molecule has 0 radical (unpaired) electrons. The second kappa shape index (κ2) is 6.33. The lowest BCUT2D eigenvalue weighted by molar-refractivity contribution is -0.387.